The smallest absolute Gasteiger partial charge is 0.244 e. The van der Waals surface area contributed by atoms with Gasteiger partial charge in [-0.1, -0.05) is 12.1 Å². The lowest BCUT2D eigenvalue weighted by Gasteiger charge is -2.19. The molecule has 0 N–H and O–H groups in total. The van der Waals surface area contributed by atoms with Gasteiger partial charge in [-0.25, -0.2) is 0 Å². The monoisotopic (exact) mass is 253 g/mol. The average molecular weight is 254 g/mol. The molecule has 1 aromatic carbocycles. The number of fused-ring (bicyclic) bond motifs is 1. The fourth-order valence-corrected chi connectivity index (χ4v) is 2.24. The maximum absolute atomic E-state index is 11.9. The van der Waals surface area contributed by atoms with Crippen molar-refractivity contribution in [3.63, 3.8) is 0 Å². The molecule has 1 heterocycles. The molecule has 0 saturated carbocycles. The van der Waals surface area contributed by atoms with Gasteiger partial charge in [0.2, 0.25) is 5.91 Å². The molecule has 1 amide bonds. The summed E-state index contributed by atoms with van der Waals surface area (Å²) in [6.07, 6.45) is 0.901. The van der Waals surface area contributed by atoms with E-state index in [1.54, 1.807) is 18.9 Å². The van der Waals surface area contributed by atoms with Crippen LogP contribution in [0, 0.1) is 0 Å². The molecule has 1 atom stereocenters. The molecule has 0 radical (unpaired) electrons. The first-order chi connectivity index (χ1) is 8.13. The van der Waals surface area contributed by atoms with Crippen molar-refractivity contribution >= 4 is 23.2 Å². The number of carbonyl (C=O) groups excluding carboxylic acids is 1. The van der Waals surface area contributed by atoms with E-state index in [0.29, 0.717) is 6.61 Å². The number of ether oxygens (including phenoxy) is 1. The Morgan fingerprint density at radius 2 is 2.35 bits per heavy atom. The summed E-state index contributed by atoms with van der Waals surface area (Å²) < 4.78 is 5.10. The van der Waals surface area contributed by atoms with E-state index in [0.717, 1.165) is 24.2 Å². The topological polar surface area (TPSA) is 29.5 Å². The summed E-state index contributed by atoms with van der Waals surface area (Å²) in [5.41, 5.74) is 3.26. The number of halogens is 1. The van der Waals surface area contributed by atoms with Gasteiger partial charge in [-0.05, 0) is 30.5 Å². The van der Waals surface area contributed by atoms with Crippen LogP contribution < -0.4 is 4.90 Å². The number of rotatable bonds is 3. The minimum atomic E-state index is -0.480. The quantitative estimate of drug-likeness (QED) is 0.774. The Labute approximate surface area is 106 Å². The van der Waals surface area contributed by atoms with E-state index in [2.05, 4.69) is 6.07 Å². The Bertz CT molecular complexity index is 431. The van der Waals surface area contributed by atoms with Gasteiger partial charge < -0.3 is 9.64 Å². The van der Waals surface area contributed by atoms with Gasteiger partial charge in [0.25, 0.3) is 0 Å². The molecule has 0 aliphatic carbocycles. The van der Waals surface area contributed by atoms with Crippen LogP contribution in [0.4, 0.5) is 5.69 Å². The van der Waals surface area contributed by atoms with Gasteiger partial charge in [0.05, 0.1) is 6.61 Å². The molecule has 1 aromatic rings. The number of hydrogen-bond donors (Lipinski definition) is 0. The lowest BCUT2D eigenvalue weighted by Crippen LogP contribution is -2.34. The van der Waals surface area contributed by atoms with E-state index in [4.69, 9.17) is 16.3 Å². The summed E-state index contributed by atoms with van der Waals surface area (Å²) in [6, 6.07) is 6.12. The van der Waals surface area contributed by atoms with Crippen molar-refractivity contribution in [2.45, 2.75) is 25.3 Å². The number of benzene rings is 1. The second-order valence-corrected chi connectivity index (χ2v) is 4.91. The highest BCUT2D eigenvalue weighted by atomic mass is 35.5. The van der Waals surface area contributed by atoms with Gasteiger partial charge in [0, 0.05) is 19.3 Å². The zero-order chi connectivity index (χ0) is 12.4. The number of nitrogens with zero attached hydrogens (tertiary/aromatic N) is 1. The molecule has 2 rings (SSSR count). The number of hydrogen-bond acceptors (Lipinski definition) is 2. The van der Waals surface area contributed by atoms with E-state index in [9.17, 15) is 4.79 Å². The van der Waals surface area contributed by atoms with Gasteiger partial charge in [0.15, 0.2) is 0 Å². The van der Waals surface area contributed by atoms with Crippen molar-refractivity contribution < 1.29 is 9.53 Å². The second kappa shape index (κ2) is 5.07. The number of anilines is 1. The van der Waals surface area contributed by atoms with Crippen LogP contribution in [0.3, 0.4) is 0 Å². The van der Waals surface area contributed by atoms with Crippen molar-refractivity contribution in [1.29, 1.82) is 0 Å². The van der Waals surface area contributed by atoms with Crippen LogP contribution in [0.25, 0.3) is 0 Å². The van der Waals surface area contributed by atoms with Crippen molar-refractivity contribution in [2.75, 3.05) is 18.6 Å². The van der Waals surface area contributed by atoms with Crippen molar-refractivity contribution in [1.82, 2.24) is 0 Å². The van der Waals surface area contributed by atoms with Crippen LogP contribution >= 0.6 is 11.6 Å². The first kappa shape index (κ1) is 12.4. The van der Waals surface area contributed by atoms with Crippen LogP contribution in [0.5, 0.6) is 0 Å². The van der Waals surface area contributed by atoms with Gasteiger partial charge in [-0.15, -0.1) is 11.6 Å². The summed E-state index contributed by atoms with van der Waals surface area (Å²) in [6.45, 7) is 2.99. The van der Waals surface area contributed by atoms with Gasteiger partial charge in [-0.2, -0.15) is 0 Å². The Balaban J connectivity index is 2.29. The normalized spacial score (nSPS) is 15.8. The van der Waals surface area contributed by atoms with Gasteiger partial charge in [-0.3, -0.25) is 4.79 Å². The zero-order valence-electron chi connectivity index (χ0n) is 10.1. The molecule has 1 aliphatic heterocycles. The van der Waals surface area contributed by atoms with E-state index in [1.165, 1.54) is 5.56 Å². The largest absolute Gasteiger partial charge is 0.380 e. The number of amides is 1. The van der Waals surface area contributed by atoms with Crippen LogP contribution in [0.1, 0.15) is 18.1 Å². The maximum atomic E-state index is 11.9. The summed E-state index contributed by atoms with van der Waals surface area (Å²) in [7, 11) is 1.66. The predicted molar refractivity (Wildman–Crippen MR) is 68.5 cm³/mol. The lowest BCUT2D eigenvalue weighted by atomic mass is 10.1. The predicted octanol–water partition coefficient (Wildman–Crippen LogP) is 2.35. The summed E-state index contributed by atoms with van der Waals surface area (Å²) >= 11 is 5.86. The molecule has 0 bridgehead atoms. The Morgan fingerprint density at radius 3 is 3.00 bits per heavy atom. The van der Waals surface area contributed by atoms with Crippen molar-refractivity contribution in [3.05, 3.63) is 29.3 Å². The lowest BCUT2D eigenvalue weighted by molar-refractivity contribution is -0.117. The Morgan fingerprint density at radius 1 is 1.59 bits per heavy atom. The summed E-state index contributed by atoms with van der Waals surface area (Å²) in [5, 5.41) is -0.480. The SMILES string of the molecule is COCc1ccc2c(c1)N(C(=O)[C@H](C)Cl)CC2. The molecule has 17 heavy (non-hydrogen) atoms. The molecule has 92 valence electrons. The zero-order valence-corrected chi connectivity index (χ0v) is 10.8. The molecule has 0 unspecified atom stereocenters. The number of methoxy groups -OCH3 is 1. The highest BCUT2D eigenvalue weighted by Crippen LogP contribution is 2.30. The fourth-order valence-electron chi connectivity index (χ4n) is 2.12. The third-order valence-corrected chi connectivity index (χ3v) is 3.15. The van der Waals surface area contributed by atoms with Crippen molar-refractivity contribution in [2.24, 2.45) is 0 Å². The fraction of sp³-hybridized carbons (Fsp3) is 0.462. The van der Waals surface area contributed by atoms with Crippen LogP contribution in [0.15, 0.2) is 18.2 Å². The summed E-state index contributed by atoms with van der Waals surface area (Å²) in [5.74, 6) is -0.0278. The van der Waals surface area contributed by atoms with Crippen LogP contribution in [0.2, 0.25) is 0 Å². The standard InChI is InChI=1S/C13H16ClNO2/c1-9(14)13(16)15-6-5-11-4-3-10(8-17-2)7-12(11)15/h3-4,7,9H,5-6,8H2,1-2H3/t9-/m0/s1. The molecular weight excluding hydrogens is 238 g/mol. The van der Waals surface area contributed by atoms with Gasteiger partial charge >= 0.3 is 0 Å². The second-order valence-electron chi connectivity index (χ2n) is 4.25. The van der Waals surface area contributed by atoms with E-state index >= 15 is 0 Å². The van der Waals surface area contributed by atoms with Gasteiger partial charge in [0.1, 0.15) is 5.38 Å². The minimum Gasteiger partial charge on any atom is -0.380 e. The average Bonchev–Trinajstić information content (AvgIpc) is 2.71. The maximum Gasteiger partial charge on any atom is 0.244 e. The van der Waals surface area contributed by atoms with Crippen LogP contribution in [-0.4, -0.2) is 24.9 Å². The molecule has 4 heteroatoms. The number of alkyl halides is 1. The molecule has 3 nitrogen and oxygen atoms in total. The van der Waals surface area contributed by atoms with Crippen LogP contribution in [-0.2, 0) is 22.6 Å². The molecule has 0 spiro atoms. The minimum absolute atomic E-state index is 0.0278. The molecule has 0 fully saturated rings. The Hall–Kier alpha value is -1.06. The highest BCUT2D eigenvalue weighted by Gasteiger charge is 2.27. The van der Waals surface area contributed by atoms with E-state index in [-0.39, 0.29) is 5.91 Å². The first-order valence-corrected chi connectivity index (χ1v) is 6.13. The summed E-state index contributed by atoms with van der Waals surface area (Å²) in [4.78, 5) is 13.7. The molecule has 1 aliphatic rings. The molecule has 0 aromatic heterocycles. The van der Waals surface area contributed by atoms with E-state index in [1.807, 2.05) is 12.1 Å². The first-order valence-electron chi connectivity index (χ1n) is 5.69. The highest BCUT2D eigenvalue weighted by molar-refractivity contribution is 6.32. The molecule has 0 saturated heterocycles. The third-order valence-electron chi connectivity index (χ3n) is 2.96. The van der Waals surface area contributed by atoms with Crippen molar-refractivity contribution in [3.8, 4) is 0 Å². The molecular formula is C13H16ClNO2. The number of carbonyl (C=O) groups is 1. The third kappa shape index (κ3) is 2.45. The Kier molecular flexibility index (Phi) is 3.69. The van der Waals surface area contributed by atoms with E-state index < -0.39 is 5.38 Å².